The number of hydrogen-bond donors (Lipinski definition) is 2. The molecule has 0 bridgehead atoms. The van der Waals surface area contributed by atoms with E-state index in [0.717, 1.165) is 42.7 Å². The molecule has 21 heavy (non-hydrogen) atoms. The Morgan fingerprint density at radius 1 is 1.38 bits per heavy atom. The van der Waals surface area contributed by atoms with E-state index in [1.54, 1.807) is 0 Å². The van der Waals surface area contributed by atoms with Crippen molar-refractivity contribution >= 4 is 23.2 Å². The van der Waals surface area contributed by atoms with Crippen LogP contribution in [0.1, 0.15) is 37.7 Å². The summed E-state index contributed by atoms with van der Waals surface area (Å²) < 4.78 is 0. The Bertz CT molecular complexity index is 528. The fraction of sp³-hybridized carbons (Fsp3) is 0.500. The number of carbonyl (C=O) groups excluding carboxylic acids is 2. The van der Waals surface area contributed by atoms with E-state index in [9.17, 15) is 9.59 Å². The number of aryl methyl sites for hydroxylation is 1. The molecule has 1 aliphatic rings. The molecule has 0 aliphatic carbocycles. The molecule has 1 fully saturated rings. The SMILES string of the molecule is Cc1cc(NC(=O)CCCCN)ccc1N1CCCC1=O. The summed E-state index contributed by atoms with van der Waals surface area (Å²) >= 11 is 0. The van der Waals surface area contributed by atoms with E-state index >= 15 is 0 Å². The van der Waals surface area contributed by atoms with Gasteiger partial charge in [-0.2, -0.15) is 0 Å². The topological polar surface area (TPSA) is 75.4 Å². The number of nitrogens with zero attached hydrogens (tertiary/aromatic N) is 1. The molecule has 0 spiro atoms. The number of nitrogens with two attached hydrogens (primary N) is 1. The van der Waals surface area contributed by atoms with Gasteiger partial charge in [0.05, 0.1) is 0 Å². The van der Waals surface area contributed by atoms with Gasteiger partial charge in [-0.15, -0.1) is 0 Å². The molecule has 1 saturated heterocycles. The van der Waals surface area contributed by atoms with Gasteiger partial charge in [-0.05, 0) is 56.5 Å². The highest BCUT2D eigenvalue weighted by atomic mass is 16.2. The number of carbonyl (C=O) groups is 2. The first-order valence-electron chi connectivity index (χ1n) is 7.53. The monoisotopic (exact) mass is 289 g/mol. The molecule has 0 aromatic heterocycles. The molecule has 0 atom stereocenters. The molecular formula is C16H23N3O2. The molecule has 114 valence electrons. The van der Waals surface area contributed by atoms with Gasteiger partial charge in [0.1, 0.15) is 0 Å². The van der Waals surface area contributed by atoms with Crippen molar-refractivity contribution in [3.8, 4) is 0 Å². The Kier molecular flexibility index (Phi) is 5.33. The standard InChI is InChI=1S/C16H23N3O2/c1-12-11-13(18-15(20)5-2-3-9-17)7-8-14(12)19-10-4-6-16(19)21/h7-8,11H,2-6,9-10,17H2,1H3,(H,18,20). The lowest BCUT2D eigenvalue weighted by Gasteiger charge is -2.19. The van der Waals surface area contributed by atoms with Crippen LogP contribution >= 0.6 is 0 Å². The van der Waals surface area contributed by atoms with Crippen LogP contribution in [0, 0.1) is 6.92 Å². The highest BCUT2D eigenvalue weighted by Gasteiger charge is 2.22. The van der Waals surface area contributed by atoms with Gasteiger partial charge in [0.15, 0.2) is 0 Å². The van der Waals surface area contributed by atoms with Crippen molar-refractivity contribution in [1.29, 1.82) is 0 Å². The van der Waals surface area contributed by atoms with Gasteiger partial charge in [-0.25, -0.2) is 0 Å². The molecule has 5 nitrogen and oxygen atoms in total. The summed E-state index contributed by atoms with van der Waals surface area (Å²) in [6, 6.07) is 5.69. The lowest BCUT2D eigenvalue weighted by atomic mass is 10.1. The van der Waals surface area contributed by atoms with E-state index in [2.05, 4.69) is 5.32 Å². The minimum Gasteiger partial charge on any atom is -0.330 e. The highest BCUT2D eigenvalue weighted by Crippen LogP contribution is 2.27. The third kappa shape index (κ3) is 4.04. The predicted octanol–water partition coefficient (Wildman–Crippen LogP) is 2.19. The van der Waals surface area contributed by atoms with Crippen molar-refractivity contribution in [2.75, 3.05) is 23.3 Å². The van der Waals surface area contributed by atoms with Crippen molar-refractivity contribution in [1.82, 2.24) is 0 Å². The minimum absolute atomic E-state index is 0.00727. The predicted molar refractivity (Wildman–Crippen MR) is 84.3 cm³/mol. The quantitative estimate of drug-likeness (QED) is 0.788. The zero-order chi connectivity index (χ0) is 15.2. The number of amides is 2. The smallest absolute Gasteiger partial charge is 0.227 e. The van der Waals surface area contributed by atoms with Crippen LogP contribution in [-0.4, -0.2) is 24.9 Å². The number of rotatable bonds is 6. The number of nitrogens with one attached hydrogen (secondary N) is 1. The number of benzene rings is 1. The van der Waals surface area contributed by atoms with Crippen molar-refractivity contribution < 1.29 is 9.59 Å². The summed E-state index contributed by atoms with van der Waals surface area (Å²) in [7, 11) is 0. The first-order chi connectivity index (χ1) is 10.1. The van der Waals surface area contributed by atoms with Gasteiger partial charge in [-0.1, -0.05) is 0 Å². The molecule has 0 saturated carbocycles. The molecule has 1 heterocycles. The first-order valence-corrected chi connectivity index (χ1v) is 7.53. The summed E-state index contributed by atoms with van der Waals surface area (Å²) in [5, 5.41) is 2.89. The van der Waals surface area contributed by atoms with E-state index in [0.29, 0.717) is 19.4 Å². The van der Waals surface area contributed by atoms with Crippen LogP contribution < -0.4 is 16.0 Å². The molecular weight excluding hydrogens is 266 g/mol. The van der Waals surface area contributed by atoms with Gasteiger partial charge in [0.2, 0.25) is 11.8 Å². The van der Waals surface area contributed by atoms with Gasteiger partial charge in [0, 0.05) is 30.8 Å². The van der Waals surface area contributed by atoms with Gasteiger partial charge >= 0.3 is 0 Å². The molecule has 0 radical (unpaired) electrons. The Labute approximate surface area is 125 Å². The molecule has 1 aromatic rings. The second-order valence-corrected chi connectivity index (χ2v) is 5.44. The van der Waals surface area contributed by atoms with Crippen molar-refractivity contribution in [3.05, 3.63) is 23.8 Å². The summed E-state index contributed by atoms with van der Waals surface area (Å²) in [6.07, 6.45) is 3.70. The first kappa shape index (κ1) is 15.5. The van der Waals surface area contributed by atoms with E-state index < -0.39 is 0 Å². The maximum absolute atomic E-state index is 11.8. The van der Waals surface area contributed by atoms with Crippen LogP contribution in [0.3, 0.4) is 0 Å². The second kappa shape index (κ2) is 7.22. The zero-order valence-electron chi connectivity index (χ0n) is 12.5. The van der Waals surface area contributed by atoms with Gasteiger partial charge < -0.3 is 16.0 Å². The Morgan fingerprint density at radius 3 is 2.81 bits per heavy atom. The Balaban J connectivity index is 1.98. The van der Waals surface area contributed by atoms with Gasteiger partial charge in [0.25, 0.3) is 0 Å². The van der Waals surface area contributed by atoms with Crippen LogP contribution in [-0.2, 0) is 9.59 Å². The summed E-state index contributed by atoms with van der Waals surface area (Å²) in [6.45, 7) is 3.36. The average Bonchev–Trinajstić information content (AvgIpc) is 2.85. The van der Waals surface area contributed by atoms with Crippen LogP contribution in [0.2, 0.25) is 0 Å². The van der Waals surface area contributed by atoms with Crippen LogP contribution in [0.25, 0.3) is 0 Å². The van der Waals surface area contributed by atoms with E-state index in [4.69, 9.17) is 5.73 Å². The summed E-state index contributed by atoms with van der Waals surface area (Å²) in [5.41, 5.74) is 8.14. The third-order valence-electron chi connectivity index (χ3n) is 3.70. The fourth-order valence-corrected chi connectivity index (χ4v) is 2.59. The molecule has 1 aliphatic heterocycles. The number of unbranched alkanes of at least 4 members (excludes halogenated alkanes) is 1. The average molecular weight is 289 g/mol. The van der Waals surface area contributed by atoms with Crippen LogP contribution in [0.5, 0.6) is 0 Å². The molecule has 2 rings (SSSR count). The fourth-order valence-electron chi connectivity index (χ4n) is 2.59. The maximum Gasteiger partial charge on any atom is 0.227 e. The lowest BCUT2D eigenvalue weighted by Crippen LogP contribution is -2.24. The molecule has 0 unspecified atom stereocenters. The summed E-state index contributed by atoms with van der Waals surface area (Å²) in [5.74, 6) is 0.185. The molecule has 1 aromatic carbocycles. The van der Waals surface area contributed by atoms with E-state index in [1.807, 2.05) is 30.0 Å². The molecule has 5 heteroatoms. The Morgan fingerprint density at radius 2 is 2.19 bits per heavy atom. The van der Waals surface area contributed by atoms with Crippen molar-refractivity contribution in [2.24, 2.45) is 5.73 Å². The normalized spacial score (nSPS) is 14.6. The second-order valence-electron chi connectivity index (χ2n) is 5.44. The Hall–Kier alpha value is -1.88. The lowest BCUT2D eigenvalue weighted by molar-refractivity contribution is -0.117. The molecule has 3 N–H and O–H groups in total. The van der Waals surface area contributed by atoms with E-state index in [1.165, 1.54) is 0 Å². The number of hydrogen-bond acceptors (Lipinski definition) is 3. The third-order valence-corrected chi connectivity index (χ3v) is 3.70. The van der Waals surface area contributed by atoms with Crippen molar-refractivity contribution in [2.45, 2.75) is 39.0 Å². The summed E-state index contributed by atoms with van der Waals surface area (Å²) in [4.78, 5) is 25.4. The van der Waals surface area contributed by atoms with Crippen LogP contribution in [0.4, 0.5) is 11.4 Å². The van der Waals surface area contributed by atoms with Gasteiger partial charge in [-0.3, -0.25) is 9.59 Å². The highest BCUT2D eigenvalue weighted by molar-refractivity contribution is 5.97. The van der Waals surface area contributed by atoms with Crippen LogP contribution in [0.15, 0.2) is 18.2 Å². The largest absolute Gasteiger partial charge is 0.330 e. The van der Waals surface area contributed by atoms with Crippen molar-refractivity contribution in [3.63, 3.8) is 0 Å². The van der Waals surface area contributed by atoms with E-state index in [-0.39, 0.29) is 11.8 Å². The zero-order valence-corrected chi connectivity index (χ0v) is 12.5. The number of anilines is 2. The molecule has 2 amide bonds. The minimum atomic E-state index is 0.00727. The maximum atomic E-state index is 11.8.